The molecule has 0 bridgehead atoms. The monoisotopic (exact) mass is 782 g/mol. The van der Waals surface area contributed by atoms with Crippen LogP contribution in [0, 0.1) is 13.8 Å². The lowest BCUT2D eigenvalue weighted by molar-refractivity contribution is 0.660. The summed E-state index contributed by atoms with van der Waals surface area (Å²) in [5.41, 5.74) is 22.1. The first-order chi connectivity index (χ1) is 29.8. The maximum Gasteiger partial charge on any atom is 0.0541 e. The molecule has 1 aromatic heterocycles. The molecular formula is C59H46N2. The van der Waals surface area contributed by atoms with Crippen molar-refractivity contribution in [3.63, 3.8) is 0 Å². The maximum atomic E-state index is 2.44. The molecule has 0 saturated carbocycles. The molecule has 0 unspecified atom stereocenters. The minimum atomic E-state index is -0.0981. The smallest absolute Gasteiger partial charge is 0.0541 e. The van der Waals surface area contributed by atoms with Crippen LogP contribution in [0.5, 0.6) is 0 Å². The summed E-state index contributed by atoms with van der Waals surface area (Å²) >= 11 is 0. The Bertz CT molecular complexity index is 3240. The SMILES string of the molecule is Cc1ccccc1-c1ccc(-c2cc(-c3ccc4c(c3)C(C)(C)c3ccccc3-4)cc(N(c3ccccc3)c3ccc(-n4c5ccccc5c5ccccc54)cc3)c2)cc1C. The van der Waals surface area contributed by atoms with Gasteiger partial charge in [0, 0.05) is 38.9 Å². The van der Waals surface area contributed by atoms with Crippen LogP contribution in [0.25, 0.3) is 72.0 Å². The summed E-state index contributed by atoms with van der Waals surface area (Å²) in [7, 11) is 0. The second kappa shape index (κ2) is 14.4. The van der Waals surface area contributed by atoms with E-state index in [9.17, 15) is 0 Å². The summed E-state index contributed by atoms with van der Waals surface area (Å²) < 4.78 is 2.39. The van der Waals surface area contributed by atoms with E-state index in [1.165, 1.54) is 88.6 Å². The normalized spacial score (nSPS) is 12.7. The molecule has 0 aliphatic heterocycles. The van der Waals surface area contributed by atoms with Crippen molar-refractivity contribution in [1.82, 2.24) is 4.57 Å². The number of fused-ring (bicyclic) bond motifs is 6. The molecule has 0 fully saturated rings. The number of anilines is 3. The van der Waals surface area contributed by atoms with Gasteiger partial charge in [0.1, 0.15) is 0 Å². The highest BCUT2D eigenvalue weighted by Gasteiger charge is 2.35. The second-order valence-corrected chi connectivity index (χ2v) is 17.1. The topological polar surface area (TPSA) is 8.17 Å². The summed E-state index contributed by atoms with van der Waals surface area (Å²) in [6, 6.07) is 76.0. The molecule has 2 nitrogen and oxygen atoms in total. The molecule has 11 rings (SSSR count). The largest absolute Gasteiger partial charge is 0.310 e. The zero-order valence-corrected chi connectivity index (χ0v) is 35.0. The van der Waals surface area contributed by atoms with Gasteiger partial charge in [-0.15, -0.1) is 0 Å². The standard InChI is InChI=1S/C59H46N2/c1-39-16-8-9-19-49(39)50-32-26-41(34-40(50)2)43-35-44(42-27-33-52-51-20-10-13-23-55(51)59(3,4)56(52)38-42)37-48(36-43)60(45-17-6-5-7-18-45)46-28-30-47(31-29-46)61-57-24-14-11-21-53(57)54-22-12-15-25-58(54)61/h5-38H,1-4H3. The van der Waals surface area contributed by atoms with Crippen LogP contribution in [-0.2, 0) is 5.41 Å². The van der Waals surface area contributed by atoms with E-state index in [4.69, 9.17) is 0 Å². The highest BCUT2D eigenvalue weighted by atomic mass is 15.1. The van der Waals surface area contributed by atoms with E-state index in [0.29, 0.717) is 0 Å². The molecule has 0 saturated heterocycles. The van der Waals surface area contributed by atoms with Crippen molar-refractivity contribution in [3.05, 3.63) is 229 Å². The third-order valence-electron chi connectivity index (χ3n) is 13.0. The number of hydrogen-bond donors (Lipinski definition) is 0. The van der Waals surface area contributed by atoms with Gasteiger partial charge in [0.25, 0.3) is 0 Å². The number of aryl methyl sites for hydroxylation is 2. The number of benzene rings is 9. The highest BCUT2D eigenvalue weighted by molar-refractivity contribution is 6.09. The van der Waals surface area contributed by atoms with Crippen LogP contribution in [0.1, 0.15) is 36.1 Å². The second-order valence-electron chi connectivity index (χ2n) is 17.1. The van der Waals surface area contributed by atoms with Gasteiger partial charge in [-0.2, -0.15) is 0 Å². The third-order valence-corrected chi connectivity index (χ3v) is 13.0. The average Bonchev–Trinajstić information content (AvgIpc) is 3.75. The van der Waals surface area contributed by atoms with Crippen LogP contribution in [0.2, 0.25) is 0 Å². The Kier molecular flexibility index (Phi) is 8.65. The van der Waals surface area contributed by atoms with Crippen molar-refractivity contribution in [3.8, 4) is 50.2 Å². The molecule has 1 heterocycles. The summed E-state index contributed by atoms with van der Waals surface area (Å²) in [6.07, 6.45) is 0. The van der Waals surface area contributed by atoms with E-state index in [0.717, 1.165) is 22.7 Å². The van der Waals surface area contributed by atoms with Gasteiger partial charge >= 0.3 is 0 Å². The van der Waals surface area contributed by atoms with E-state index in [1.54, 1.807) is 0 Å². The van der Waals surface area contributed by atoms with Crippen LogP contribution < -0.4 is 4.90 Å². The van der Waals surface area contributed by atoms with E-state index in [-0.39, 0.29) is 5.41 Å². The van der Waals surface area contributed by atoms with Gasteiger partial charge in [-0.3, -0.25) is 0 Å². The lowest BCUT2D eigenvalue weighted by Gasteiger charge is -2.27. The summed E-state index contributed by atoms with van der Waals surface area (Å²) in [6.45, 7) is 9.16. The van der Waals surface area contributed by atoms with Crippen molar-refractivity contribution < 1.29 is 0 Å². The predicted octanol–water partition coefficient (Wildman–Crippen LogP) is 16.2. The van der Waals surface area contributed by atoms with E-state index >= 15 is 0 Å². The Hall–Kier alpha value is -7.42. The van der Waals surface area contributed by atoms with Crippen LogP contribution in [-0.4, -0.2) is 4.57 Å². The van der Waals surface area contributed by atoms with Gasteiger partial charge in [0.2, 0.25) is 0 Å². The molecule has 9 aromatic carbocycles. The van der Waals surface area contributed by atoms with Crippen LogP contribution in [0.3, 0.4) is 0 Å². The molecule has 2 heteroatoms. The number of para-hydroxylation sites is 3. The highest BCUT2D eigenvalue weighted by Crippen LogP contribution is 2.50. The average molecular weight is 783 g/mol. The van der Waals surface area contributed by atoms with Gasteiger partial charge in [-0.05, 0) is 153 Å². The van der Waals surface area contributed by atoms with Crippen molar-refractivity contribution in [2.45, 2.75) is 33.1 Å². The van der Waals surface area contributed by atoms with Gasteiger partial charge in [-0.1, -0.05) is 147 Å². The molecule has 0 atom stereocenters. The van der Waals surface area contributed by atoms with Gasteiger partial charge < -0.3 is 9.47 Å². The lowest BCUT2D eigenvalue weighted by Crippen LogP contribution is -2.14. The Morgan fingerprint density at radius 2 is 0.885 bits per heavy atom. The predicted molar refractivity (Wildman–Crippen MR) is 259 cm³/mol. The Balaban J connectivity index is 1.09. The zero-order valence-electron chi connectivity index (χ0n) is 35.0. The summed E-state index contributed by atoms with van der Waals surface area (Å²) in [5, 5.41) is 2.52. The number of hydrogen-bond acceptors (Lipinski definition) is 1. The van der Waals surface area contributed by atoms with Crippen molar-refractivity contribution in [2.75, 3.05) is 4.90 Å². The zero-order chi connectivity index (χ0) is 41.2. The Morgan fingerprint density at radius 1 is 0.361 bits per heavy atom. The van der Waals surface area contributed by atoms with Crippen LogP contribution in [0.15, 0.2) is 206 Å². The van der Waals surface area contributed by atoms with Gasteiger partial charge in [0.15, 0.2) is 0 Å². The Labute approximate surface area is 358 Å². The van der Waals surface area contributed by atoms with Crippen LogP contribution in [0.4, 0.5) is 17.1 Å². The van der Waals surface area contributed by atoms with Crippen molar-refractivity contribution >= 4 is 38.9 Å². The van der Waals surface area contributed by atoms with Gasteiger partial charge in [-0.25, -0.2) is 0 Å². The molecule has 10 aromatic rings. The molecule has 0 spiro atoms. The molecule has 0 amide bonds. The first kappa shape index (κ1) is 36.6. The molecule has 1 aliphatic carbocycles. The fourth-order valence-corrected chi connectivity index (χ4v) is 9.95. The number of aromatic nitrogens is 1. The molecular weight excluding hydrogens is 737 g/mol. The third kappa shape index (κ3) is 6.09. The minimum Gasteiger partial charge on any atom is -0.310 e. The number of rotatable bonds is 7. The van der Waals surface area contributed by atoms with Crippen molar-refractivity contribution in [2.24, 2.45) is 0 Å². The van der Waals surface area contributed by atoms with Crippen LogP contribution >= 0.6 is 0 Å². The number of nitrogens with zero attached hydrogens (tertiary/aromatic N) is 2. The maximum absolute atomic E-state index is 2.44. The van der Waals surface area contributed by atoms with Crippen molar-refractivity contribution in [1.29, 1.82) is 0 Å². The quantitative estimate of drug-likeness (QED) is 0.156. The molecule has 0 N–H and O–H groups in total. The lowest BCUT2D eigenvalue weighted by atomic mass is 9.81. The molecule has 292 valence electrons. The van der Waals surface area contributed by atoms with E-state index in [1.807, 2.05) is 0 Å². The van der Waals surface area contributed by atoms with Gasteiger partial charge in [0.05, 0.1) is 11.0 Å². The summed E-state index contributed by atoms with van der Waals surface area (Å²) in [5.74, 6) is 0. The fraction of sp³-hybridized carbons (Fsp3) is 0.0847. The molecule has 61 heavy (non-hydrogen) atoms. The Morgan fingerprint density at radius 3 is 1.56 bits per heavy atom. The van der Waals surface area contributed by atoms with E-state index in [2.05, 4.69) is 243 Å². The molecule has 0 radical (unpaired) electrons. The first-order valence-corrected chi connectivity index (χ1v) is 21.3. The minimum absolute atomic E-state index is 0.0981. The first-order valence-electron chi connectivity index (χ1n) is 21.3. The fourth-order valence-electron chi connectivity index (χ4n) is 9.95. The molecule has 1 aliphatic rings. The summed E-state index contributed by atoms with van der Waals surface area (Å²) in [4.78, 5) is 2.41. The van der Waals surface area contributed by atoms with E-state index < -0.39 is 0 Å².